The summed E-state index contributed by atoms with van der Waals surface area (Å²) in [6.07, 6.45) is 5.33. The zero-order valence-corrected chi connectivity index (χ0v) is 18.2. The highest BCUT2D eigenvalue weighted by atomic mass is 16.5. The molecule has 1 fully saturated rings. The van der Waals surface area contributed by atoms with Crippen molar-refractivity contribution in [2.45, 2.75) is 73.4 Å². The summed E-state index contributed by atoms with van der Waals surface area (Å²) in [6, 6.07) is 0. The Morgan fingerprint density at radius 1 is 1.30 bits per heavy atom. The van der Waals surface area contributed by atoms with Crippen LogP contribution in [0.4, 0.5) is 0 Å². The molecule has 0 bridgehead atoms. The van der Waals surface area contributed by atoms with Gasteiger partial charge in [0.1, 0.15) is 0 Å². The fourth-order valence-electron chi connectivity index (χ4n) is 4.13. The van der Waals surface area contributed by atoms with Crippen molar-refractivity contribution in [2.75, 3.05) is 26.8 Å². The molecule has 154 valence electrons. The fraction of sp³-hybridized carbons (Fsp3) is 0.810. The number of ether oxygens (including phenoxy) is 1. The number of aryl methyl sites for hydroxylation is 1. The lowest BCUT2D eigenvalue weighted by Crippen LogP contribution is -2.47. The molecule has 1 aliphatic rings. The number of hydrogen-bond acceptors (Lipinski definition) is 3. The normalized spacial score (nSPS) is 16.5. The van der Waals surface area contributed by atoms with Gasteiger partial charge >= 0.3 is 0 Å². The fourth-order valence-corrected chi connectivity index (χ4v) is 4.13. The summed E-state index contributed by atoms with van der Waals surface area (Å²) in [5.41, 5.74) is 3.91. The molecule has 6 nitrogen and oxygen atoms in total. The first-order chi connectivity index (χ1) is 12.9. The maximum atomic E-state index is 5.18. The summed E-state index contributed by atoms with van der Waals surface area (Å²) in [5.74, 6) is 1.66. The van der Waals surface area contributed by atoms with Crippen molar-refractivity contribution in [3.8, 4) is 0 Å². The van der Waals surface area contributed by atoms with Gasteiger partial charge in [-0.3, -0.25) is 4.68 Å². The van der Waals surface area contributed by atoms with E-state index < -0.39 is 0 Å². The van der Waals surface area contributed by atoms with Crippen molar-refractivity contribution < 1.29 is 4.74 Å². The molecule has 0 radical (unpaired) electrons. The molecule has 6 heteroatoms. The number of nitrogens with one attached hydrogen (secondary N) is 2. The zero-order chi connectivity index (χ0) is 19.9. The molecule has 2 N–H and O–H groups in total. The lowest BCUT2D eigenvalue weighted by atomic mass is 9.64. The third-order valence-electron chi connectivity index (χ3n) is 5.66. The molecular weight excluding hydrogens is 338 g/mol. The average molecular weight is 378 g/mol. The van der Waals surface area contributed by atoms with Gasteiger partial charge in [0.05, 0.1) is 25.4 Å². The Kier molecular flexibility index (Phi) is 8.14. The largest absolute Gasteiger partial charge is 0.383 e. The van der Waals surface area contributed by atoms with Crippen LogP contribution in [0.1, 0.15) is 63.4 Å². The van der Waals surface area contributed by atoms with E-state index in [0.29, 0.717) is 18.6 Å². The van der Waals surface area contributed by atoms with Crippen molar-refractivity contribution in [3.05, 3.63) is 17.0 Å². The molecule has 0 saturated heterocycles. The molecule has 1 aromatic rings. The van der Waals surface area contributed by atoms with Crippen LogP contribution in [0, 0.1) is 25.2 Å². The average Bonchev–Trinajstić information content (AvgIpc) is 2.86. The maximum absolute atomic E-state index is 5.18. The minimum Gasteiger partial charge on any atom is -0.383 e. The minimum absolute atomic E-state index is 0.460. The van der Waals surface area contributed by atoms with Crippen molar-refractivity contribution in [1.82, 2.24) is 20.4 Å². The van der Waals surface area contributed by atoms with E-state index in [1.807, 2.05) is 4.68 Å². The second-order valence-electron chi connectivity index (χ2n) is 8.37. The van der Waals surface area contributed by atoms with Gasteiger partial charge in [-0.1, -0.05) is 20.3 Å². The minimum atomic E-state index is 0.460. The molecule has 0 amide bonds. The van der Waals surface area contributed by atoms with Crippen LogP contribution in [-0.2, 0) is 17.8 Å². The lowest BCUT2D eigenvalue weighted by molar-refractivity contribution is 0.104. The quantitative estimate of drug-likeness (QED) is 0.484. The predicted octanol–water partition coefficient (Wildman–Crippen LogP) is 3.42. The highest BCUT2D eigenvalue weighted by Gasteiger charge is 2.37. The summed E-state index contributed by atoms with van der Waals surface area (Å²) in [5, 5.41) is 11.6. The van der Waals surface area contributed by atoms with Gasteiger partial charge in [-0.2, -0.15) is 5.10 Å². The highest BCUT2D eigenvalue weighted by Crippen LogP contribution is 2.45. The Labute approximate surface area is 165 Å². The SMILES string of the molecule is CCNC(=NCc1c(C)nn(CCOC)c1C)NCC1(CC(C)C)CCC1. The highest BCUT2D eigenvalue weighted by molar-refractivity contribution is 5.79. The summed E-state index contributed by atoms with van der Waals surface area (Å²) >= 11 is 0. The molecule has 0 atom stereocenters. The molecule has 0 aromatic carbocycles. The van der Waals surface area contributed by atoms with E-state index in [2.05, 4.69) is 50.4 Å². The summed E-state index contributed by atoms with van der Waals surface area (Å²) < 4.78 is 7.20. The Bertz CT molecular complexity index is 616. The van der Waals surface area contributed by atoms with Gasteiger partial charge in [-0.25, -0.2) is 4.99 Å². The molecule has 0 spiro atoms. The van der Waals surface area contributed by atoms with Crippen LogP contribution >= 0.6 is 0 Å². The maximum Gasteiger partial charge on any atom is 0.191 e. The third-order valence-corrected chi connectivity index (χ3v) is 5.66. The first-order valence-electron chi connectivity index (χ1n) is 10.4. The van der Waals surface area contributed by atoms with Crippen LogP contribution in [-0.4, -0.2) is 42.5 Å². The van der Waals surface area contributed by atoms with Crippen LogP contribution in [0.5, 0.6) is 0 Å². The first kappa shape index (κ1) is 21.7. The monoisotopic (exact) mass is 377 g/mol. The van der Waals surface area contributed by atoms with E-state index in [0.717, 1.165) is 37.2 Å². The van der Waals surface area contributed by atoms with Gasteiger partial charge in [0, 0.05) is 31.5 Å². The van der Waals surface area contributed by atoms with E-state index >= 15 is 0 Å². The van der Waals surface area contributed by atoms with Crippen LogP contribution in [0.15, 0.2) is 4.99 Å². The number of rotatable bonds is 10. The van der Waals surface area contributed by atoms with Gasteiger partial charge in [0.15, 0.2) is 5.96 Å². The first-order valence-corrected chi connectivity index (χ1v) is 10.4. The molecule has 1 saturated carbocycles. The van der Waals surface area contributed by atoms with Crippen molar-refractivity contribution in [2.24, 2.45) is 16.3 Å². The van der Waals surface area contributed by atoms with E-state index in [4.69, 9.17) is 9.73 Å². The lowest BCUT2D eigenvalue weighted by Gasteiger charge is -2.43. The smallest absolute Gasteiger partial charge is 0.191 e. The third kappa shape index (κ3) is 5.96. The van der Waals surface area contributed by atoms with Crippen LogP contribution in [0.3, 0.4) is 0 Å². The van der Waals surface area contributed by atoms with Crippen molar-refractivity contribution in [1.29, 1.82) is 0 Å². The Morgan fingerprint density at radius 3 is 2.59 bits per heavy atom. The van der Waals surface area contributed by atoms with E-state index in [1.165, 1.54) is 36.9 Å². The van der Waals surface area contributed by atoms with Gasteiger partial charge in [-0.15, -0.1) is 0 Å². The van der Waals surface area contributed by atoms with Crippen molar-refractivity contribution >= 4 is 5.96 Å². The molecule has 0 unspecified atom stereocenters. The van der Waals surface area contributed by atoms with E-state index in [9.17, 15) is 0 Å². The molecule has 0 aliphatic heterocycles. The summed E-state index contributed by atoms with van der Waals surface area (Å²) in [6.45, 7) is 14.9. The predicted molar refractivity (Wildman–Crippen MR) is 112 cm³/mol. The Balaban J connectivity index is 2.02. The number of guanidine groups is 1. The zero-order valence-electron chi connectivity index (χ0n) is 18.2. The van der Waals surface area contributed by atoms with Crippen LogP contribution in [0.25, 0.3) is 0 Å². The summed E-state index contributed by atoms with van der Waals surface area (Å²) in [4.78, 5) is 4.85. The standard InChI is InChI=1S/C21H39N5O/c1-7-22-20(24-15-21(9-8-10-21)13-16(2)3)23-14-19-17(4)25-26(18(19)5)11-12-27-6/h16H,7-15H2,1-6H3,(H2,22,23,24). The molecule has 1 heterocycles. The molecule has 1 aromatic heterocycles. The van der Waals surface area contributed by atoms with Gasteiger partial charge in [-0.05, 0) is 51.4 Å². The van der Waals surface area contributed by atoms with Crippen LogP contribution < -0.4 is 10.6 Å². The molecule has 27 heavy (non-hydrogen) atoms. The molecule has 1 aliphatic carbocycles. The molecule has 2 rings (SSSR count). The summed E-state index contributed by atoms with van der Waals surface area (Å²) in [7, 11) is 1.72. The van der Waals surface area contributed by atoms with Gasteiger partial charge in [0.2, 0.25) is 0 Å². The van der Waals surface area contributed by atoms with Crippen molar-refractivity contribution in [3.63, 3.8) is 0 Å². The second-order valence-corrected chi connectivity index (χ2v) is 8.37. The Hall–Kier alpha value is -1.56. The Morgan fingerprint density at radius 2 is 2.04 bits per heavy atom. The molecular formula is C21H39N5O. The van der Waals surface area contributed by atoms with E-state index in [1.54, 1.807) is 7.11 Å². The number of aliphatic imine (C=N–C) groups is 1. The number of nitrogens with zero attached hydrogens (tertiary/aromatic N) is 3. The second kappa shape index (κ2) is 10.1. The van der Waals surface area contributed by atoms with Crippen LogP contribution in [0.2, 0.25) is 0 Å². The number of hydrogen-bond donors (Lipinski definition) is 2. The van der Waals surface area contributed by atoms with E-state index in [-0.39, 0.29) is 0 Å². The number of methoxy groups -OCH3 is 1. The number of aromatic nitrogens is 2. The van der Waals surface area contributed by atoms with Gasteiger partial charge < -0.3 is 15.4 Å². The topological polar surface area (TPSA) is 63.5 Å². The van der Waals surface area contributed by atoms with Gasteiger partial charge in [0.25, 0.3) is 0 Å².